The smallest absolute Gasteiger partial charge is 0.303 e. The van der Waals surface area contributed by atoms with Gasteiger partial charge in [-0.2, -0.15) is 0 Å². The van der Waals surface area contributed by atoms with Gasteiger partial charge in [0.25, 0.3) is 0 Å². The standard InChI is InChI=1S/C7H11N3O4/c1-5(11)13-4-7(3-9-10-8)14-6(2)12/h7H,3-4H2,1-2H3. The summed E-state index contributed by atoms with van der Waals surface area (Å²) in [7, 11) is 0. The molecule has 0 heterocycles. The zero-order valence-electron chi connectivity index (χ0n) is 7.97. The van der Waals surface area contributed by atoms with E-state index in [4.69, 9.17) is 10.3 Å². The van der Waals surface area contributed by atoms with Crippen molar-refractivity contribution in [1.82, 2.24) is 0 Å². The van der Waals surface area contributed by atoms with Gasteiger partial charge < -0.3 is 9.47 Å². The normalized spacial score (nSPS) is 11.0. The van der Waals surface area contributed by atoms with Crippen molar-refractivity contribution in [3.05, 3.63) is 10.4 Å². The van der Waals surface area contributed by atoms with E-state index in [1.807, 2.05) is 0 Å². The van der Waals surface area contributed by atoms with E-state index in [9.17, 15) is 9.59 Å². The molecule has 0 fully saturated rings. The first-order valence-corrected chi connectivity index (χ1v) is 3.87. The average Bonchev–Trinajstić information content (AvgIpc) is 2.09. The van der Waals surface area contributed by atoms with Crippen LogP contribution in [0.15, 0.2) is 5.11 Å². The van der Waals surface area contributed by atoms with Crippen LogP contribution in [0.2, 0.25) is 0 Å². The number of hydrogen-bond acceptors (Lipinski definition) is 5. The second kappa shape index (κ2) is 6.73. The molecular formula is C7H11N3O4. The molecule has 78 valence electrons. The van der Waals surface area contributed by atoms with E-state index in [1.165, 1.54) is 13.8 Å². The van der Waals surface area contributed by atoms with Crippen molar-refractivity contribution in [2.75, 3.05) is 13.2 Å². The first-order valence-electron chi connectivity index (χ1n) is 3.87. The lowest BCUT2D eigenvalue weighted by atomic mass is 10.4. The second-order valence-electron chi connectivity index (χ2n) is 2.45. The van der Waals surface area contributed by atoms with Crippen LogP contribution in [0.4, 0.5) is 0 Å². The van der Waals surface area contributed by atoms with E-state index in [2.05, 4.69) is 14.8 Å². The maximum Gasteiger partial charge on any atom is 0.303 e. The Morgan fingerprint density at radius 1 is 1.43 bits per heavy atom. The van der Waals surface area contributed by atoms with E-state index >= 15 is 0 Å². The molecule has 0 aliphatic rings. The van der Waals surface area contributed by atoms with Crippen molar-refractivity contribution in [3.8, 4) is 0 Å². The first kappa shape index (κ1) is 12.2. The molecule has 1 atom stereocenters. The summed E-state index contributed by atoms with van der Waals surface area (Å²) in [6.07, 6.45) is -0.715. The van der Waals surface area contributed by atoms with E-state index in [1.54, 1.807) is 0 Å². The maximum absolute atomic E-state index is 10.6. The number of carbonyl (C=O) groups is 2. The molecule has 0 aliphatic heterocycles. The van der Waals surface area contributed by atoms with Crippen LogP contribution >= 0.6 is 0 Å². The monoisotopic (exact) mass is 201 g/mol. The maximum atomic E-state index is 10.6. The van der Waals surface area contributed by atoms with Crippen molar-refractivity contribution in [3.63, 3.8) is 0 Å². The molecule has 0 saturated carbocycles. The Kier molecular flexibility index (Phi) is 5.89. The number of hydrogen-bond donors (Lipinski definition) is 0. The predicted octanol–water partition coefficient (Wildman–Crippen LogP) is 0.791. The number of ether oxygens (including phenoxy) is 2. The Morgan fingerprint density at radius 2 is 2.07 bits per heavy atom. The van der Waals surface area contributed by atoms with Gasteiger partial charge in [-0.25, -0.2) is 0 Å². The molecule has 14 heavy (non-hydrogen) atoms. The minimum Gasteiger partial charge on any atom is -0.462 e. The minimum atomic E-state index is -0.715. The highest BCUT2D eigenvalue weighted by molar-refractivity contribution is 5.67. The topological polar surface area (TPSA) is 101 Å². The van der Waals surface area contributed by atoms with Crippen LogP contribution in [-0.4, -0.2) is 31.2 Å². The van der Waals surface area contributed by atoms with Gasteiger partial charge in [0.15, 0.2) is 0 Å². The highest BCUT2D eigenvalue weighted by Gasteiger charge is 2.12. The third-order valence-corrected chi connectivity index (χ3v) is 1.15. The number of azide groups is 1. The van der Waals surface area contributed by atoms with Gasteiger partial charge in [-0.05, 0) is 5.53 Å². The fourth-order valence-electron chi connectivity index (χ4n) is 0.697. The SMILES string of the molecule is CC(=O)OCC(CN=[N+]=[N-])OC(C)=O. The summed E-state index contributed by atoms with van der Waals surface area (Å²) in [5.41, 5.74) is 8.04. The third-order valence-electron chi connectivity index (χ3n) is 1.15. The highest BCUT2D eigenvalue weighted by Crippen LogP contribution is 1.96. The van der Waals surface area contributed by atoms with Gasteiger partial charge in [-0.1, -0.05) is 5.11 Å². The molecule has 0 aromatic rings. The number of nitrogens with zero attached hydrogens (tertiary/aromatic N) is 3. The molecule has 0 amide bonds. The molecule has 0 bridgehead atoms. The van der Waals surface area contributed by atoms with Crippen LogP contribution < -0.4 is 0 Å². The lowest BCUT2D eigenvalue weighted by Gasteiger charge is -2.13. The van der Waals surface area contributed by atoms with E-state index in [-0.39, 0.29) is 13.2 Å². The average molecular weight is 201 g/mol. The van der Waals surface area contributed by atoms with Crippen molar-refractivity contribution in [2.24, 2.45) is 5.11 Å². The molecular weight excluding hydrogens is 190 g/mol. The Hall–Kier alpha value is -1.75. The zero-order valence-corrected chi connectivity index (χ0v) is 7.97. The predicted molar refractivity (Wildman–Crippen MR) is 46.2 cm³/mol. The van der Waals surface area contributed by atoms with Crippen molar-refractivity contribution < 1.29 is 19.1 Å². The summed E-state index contributed by atoms with van der Waals surface area (Å²) >= 11 is 0. The molecule has 7 nitrogen and oxygen atoms in total. The van der Waals surface area contributed by atoms with Crippen molar-refractivity contribution in [2.45, 2.75) is 20.0 Å². The van der Waals surface area contributed by atoms with Crippen LogP contribution in [0.25, 0.3) is 10.4 Å². The summed E-state index contributed by atoms with van der Waals surface area (Å²) in [6.45, 7) is 2.30. The summed E-state index contributed by atoms with van der Waals surface area (Å²) in [6, 6.07) is 0. The number of esters is 2. The molecule has 0 rings (SSSR count). The molecule has 0 saturated heterocycles. The van der Waals surface area contributed by atoms with Crippen molar-refractivity contribution in [1.29, 1.82) is 0 Å². The van der Waals surface area contributed by atoms with Crippen molar-refractivity contribution >= 4 is 11.9 Å². The van der Waals surface area contributed by atoms with E-state index in [0.717, 1.165) is 0 Å². The minimum absolute atomic E-state index is 0.0522. The van der Waals surface area contributed by atoms with Gasteiger partial charge in [0.05, 0.1) is 6.54 Å². The second-order valence-corrected chi connectivity index (χ2v) is 2.45. The zero-order chi connectivity index (χ0) is 11.0. The molecule has 0 spiro atoms. The summed E-state index contributed by atoms with van der Waals surface area (Å²) in [5, 5.41) is 3.22. The van der Waals surface area contributed by atoms with Gasteiger partial charge in [0.1, 0.15) is 12.7 Å². The van der Waals surface area contributed by atoms with Crippen LogP contribution in [0.1, 0.15) is 13.8 Å². The molecule has 1 unspecified atom stereocenters. The summed E-state index contributed by atoms with van der Waals surface area (Å²) < 4.78 is 9.32. The molecule has 0 N–H and O–H groups in total. The van der Waals surface area contributed by atoms with Gasteiger partial charge in [-0.15, -0.1) is 0 Å². The first-order chi connectivity index (χ1) is 6.56. The Morgan fingerprint density at radius 3 is 2.50 bits per heavy atom. The van der Waals surface area contributed by atoms with Crippen LogP contribution in [0, 0.1) is 0 Å². The van der Waals surface area contributed by atoms with E-state index in [0.29, 0.717) is 0 Å². The fourth-order valence-corrected chi connectivity index (χ4v) is 0.697. The van der Waals surface area contributed by atoms with Gasteiger partial charge in [0, 0.05) is 18.8 Å². The Labute approximate surface area is 80.6 Å². The van der Waals surface area contributed by atoms with Crippen LogP contribution in [0.3, 0.4) is 0 Å². The molecule has 0 aliphatic carbocycles. The van der Waals surface area contributed by atoms with Gasteiger partial charge >= 0.3 is 11.9 Å². The quantitative estimate of drug-likeness (QED) is 0.284. The lowest BCUT2D eigenvalue weighted by Crippen LogP contribution is -2.26. The summed E-state index contributed by atoms with van der Waals surface area (Å²) in [4.78, 5) is 23.5. The largest absolute Gasteiger partial charge is 0.462 e. The summed E-state index contributed by atoms with van der Waals surface area (Å²) in [5.74, 6) is -1.00. The fraction of sp³-hybridized carbons (Fsp3) is 0.714. The van der Waals surface area contributed by atoms with Crippen LogP contribution in [-0.2, 0) is 19.1 Å². The number of rotatable bonds is 5. The third kappa shape index (κ3) is 6.93. The highest BCUT2D eigenvalue weighted by atomic mass is 16.6. The molecule has 0 aromatic carbocycles. The van der Waals surface area contributed by atoms with Crippen LogP contribution in [0.5, 0.6) is 0 Å². The van der Waals surface area contributed by atoms with Gasteiger partial charge in [0.2, 0.25) is 0 Å². The van der Waals surface area contributed by atoms with E-state index < -0.39 is 18.0 Å². The Bertz CT molecular complexity index is 256. The molecule has 7 heteroatoms. The van der Waals surface area contributed by atoms with Gasteiger partial charge in [-0.3, -0.25) is 9.59 Å². The lowest BCUT2D eigenvalue weighted by molar-refractivity contribution is -0.155. The number of carbonyl (C=O) groups excluding carboxylic acids is 2. The molecule has 0 radical (unpaired) electrons. The molecule has 0 aromatic heterocycles. The Balaban J connectivity index is 4.02.